The van der Waals surface area contributed by atoms with Gasteiger partial charge in [0.15, 0.2) is 22.9 Å². The molecule has 1 aliphatic heterocycles. The number of ether oxygens (including phenoxy) is 2. The molecule has 0 fully saturated rings. The van der Waals surface area contributed by atoms with Crippen LogP contribution in [0.2, 0.25) is 5.02 Å². The van der Waals surface area contributed by atoms with Gasteiger partial charge in [-0.2, -0.15) is 0 Å². The normalized spacial score (nSPS) is 15.2. The summed E-state index contributed by atoms with van der Waals surface area (Å²) in [6, 6.07) is 19.4. The Morgan fingerprint density at radius 3 is 2.44 bits per heavy atom. The highest BCUT2D eigenvalue weighted by Gasteiger charge is 2.45. The minimum Gasteiger partial charge on any atom is -0.503 e. The minimum absolute atomic E-state index is 0.0764. The van der Waals surface area contributed by atoms with Crippen LogP contribution in [0.5, 0.6) is 5.75 Å². The fourth-order valence-electron chi connectivity index (χ4n) is 4.69. The van der Waals surface area contributed by atoms with Crippen molar-refractivity contribution < 1.29 is 33.4 Å². The van der Waals surface area contributed by atoms with E-state index in [-0.39, 0.29) is 30.3 Å². The van der Waals surface area contributed by atoms with Gasteiger partial charge in [0, 0.05) is 22.2 Å². The van der Waals surface area contributed by atoms with Crippen LogP contribution in [0.3, 0.4) is 0 Å². The minimum atomic E-state index is -0.930. The topological polar surface area (TPSA) is 106 Å². The van der Waals surface area contributed by atoms with Crippen molar-refractivity contribution in [3.63, 3.8) is 0 Å². The third-order valence-electron chi connectivity index (χ3n) is 6.43. The van der Waals surface area contributed by atoms with Crippen LogP contribution >= 0.6 is 11.6 Å². The molecule has 0 saturated heterocycles. The van der Waals surface area contributed by atoms with Crippen molar-refractivity contribution >= 4 is 45.9 Å². The van der Waals surface area contributed by atoms with Gasteiger partial charge in [0.25, 0.3) is 5.91 Å². The Morgan fingerprint density at radius 1 is 1.05 bits per heavy atom. The summed E-state index contributed by atoms with van der Waals surface area (Å²) >= 11 is 6.17. The van der Waals surface area contributed by atoms with Gasteiger partial charge in [0.05, 0.1) is 31.8 Å². The Morgan fingerprint density at radius 2 is 1.77 bits per heavy atom. The van der Waals surface area contributed by atoms with Crippen molar-refractivity contribution in [1.82, 2.24) is 0 Å². The maximum Gasteiger partial charge on any atom is 0.310 e. The maximum atomic E-state index is 13.8. The number of rotatable bonds is 8. The third kappa shape index (κ3) is 4.86. The van der Waals surface area contributed by atoms with E-state index in [0.717, 1.165) is 0 Å². The molecule has 3 aromatic carbocycles. The van der Waals surface area contributed by atoms with E-state index in [1.54, 1.807) is 67.6 Å². The summed E-state index contributed by atoms with van der Waals surface area (Å²) < 4.78 is 16.2. The molecule has 0 bridgehead atoms. The van der Waals surface area contributed by atoms with E-state index in [2.05, 4.69) is 0 Å². The average Bonchev–Trinajstić information content (AvgIpc) is 3.47. The van der Waals surface area contributed by atoms with Crippen molar-refractivity contribution in [3.05, 3.63) is 106 Å². The molecule has 0 radical (unpaired) electrons. The number of aliphatic hydroxyl groups is 1. The summed E-state index contributed by atoms with van der Waals surface area (Å²) in [6.45, 7) is 2.02. The lowest BCUT2D eigenvalue weighted by atomic mass is 9.94. The molecule has 1 aliphatic rings. The van der Waals surface area contributed by atoms with Gasteiger partial charge in [0.1, 0.15) is 0 Å². The van der Waals surface area contributed by atoms with Crippen LogP contribution < -0.4 is 9.64 Å². The zero-order chi connectivity index (χ0) is 27.7. The second-order valence-corrected chi connectivity index (χ2v) is 9.30. The first-order chi connectivity index (χ1) is 18.8. The van der Waals surface area contributed by atoms with Crippen molar-refractivity contribution in [3.8, 4) is 5.75 Å². The molecule has 1 unspecified atom stereocenters. The first-order valence-electron chi connectivity index (χ1n) is 12.2. The predicted molar refractivity (Wildman–Crippen MR) is 145 cm³/mol. The quantitative estimate of drug-likeness (QED) is 0.214. The molecule has 4 aromatic rings. The summed E-state index contributed by atoms with van der Waals surface area (Å²) in [6.07, 6.45) is 0.0803. The number of carbonyl (C=O) groups is 3. The van der Waals surface area contributed by atoms with E-state index in [0.29, 0.717) is 38.6 Å². The molecule has 2 heterocycles. The van der Waals surface area contributed by atoms with Gasteiger partial charge in [-0.1, -0.05) is 54.1 Å². The van der Waals surface area contributed by atoms with Crippen LogP contribution in [0.1, 0.15) is 34.6 Å². The number of fused-ring (bicyclic) bond motifs is 1. The first-order valence-corrected chi connectivity index (χ1v) is 12.6. The second kappa shape index (κ2) is 10.7. The smallest absolute Gasteiger partial charge is 0.310 e. The van der Waals surface area contributed by atoms with E-state index in [1.165, 1.54) is 18.1 Å². The van der Waals surface area contributed by atoms with Gasteiger partial charge >= 0.3 is 5.97 Å². The van der Waals surface area contributed by atoms with E-state index >= 15 is 0 Å². The molecule has 1 amide bonds. The molecule has 198 valence electrons. The molecule has 0 saturated carbocycles. The second-order valence-electron chi connectivity index (χ2n) is 8.87. The number of aliphatic hydroxyl groups excluding tert-OH is 1. The molecule has 0 spiro atoms. The number of anilines is 1. The number of carbonyl (C=O) groups excluding carboxylic acids is 3. The average molecular weight is 546 g/mol. The van der Waals surface area contributed by atoms with Crippen LogP contribution in [-0.4, -0.2) is 36.5 Å². The van der Waals surface area contributed by atoms with Gasteiger partial charge in [0.2, 0.25) is 5.78 Å². The van der Waals surface area contributed by atoms with Crippen molar-refractivity contribution in [2.45, 2.75) is 19.4 Å². The van der Waals surface area contributed by atoms with Gasteiger partial charge in [-0.15, -0.1) is 0 Å². The van der Waals surface area contributed by atoms with Crippen LogP contribution in [0.15, 0.2) is 88.5 Å². The molecule has 8 nitrogen and oxygen atoms in total. The summed E-state index contributed by atoms with van der Waals surface area (Å²) in [5, 5.41) is 12.0. The highest BCUT2D eigenvalue weighted by Crippen LogP contribution is 2.43. The molecule has 0 aliphatic carbocycles. The highest BCUT2D eigenvalue weighted by atomic mass is 35.5. The molecular formula is C30H24ClNO7. The Labute approximate surface area is 229 Å². The Balaban J connectivity index is 1.56. The van der Waals surface area contributed by atoms with E-state index in [1.807, 2.05) is 6.07 Å². The number of halogens is 1. The van der Waals surface area contributed by atoms with E-state index in [4.69, 9.17) is 25.5 Å². The van der Waals surface area contributed by atoms with Crippen LogP contribution in [0.4, 0.5) is 5.69 Å². The summed E-state index contributed by atoms with van der Waals surface area (Å²) in [7, 11) is 1.46. The van der Waals surface area contributed by atoms with Gasteiger partial charge in [-0.25, -0.2) is 0 Å². The number of furan rings is 1. The molecule has 9 heteroatoms. The molecular weight excluding hydrogens is 522 g/mol. The van der Waals surface area contributed by atoms with Crippen molar-refractivity contribution in [2.24, 2.45) is 0 Å². The third-order valence-corrected chi connectivity index (χ3v) is 6.65. The Bertz CT molecular complexity index is 1610. The maximum absolute atomic E-state index is 13.8. The van der Waals surface area contributed by atoms with E-state index in [9.17, 15) is 19.5 Å². The van der Waals surface area contributed by atoms with Crippen molar-refractivity contribution in [1.29, 1.82) is 0 Å². The lowest BCUT2D eigenvalue weighted by molar-refractivity contribution is -0.142. The largest absolute Gasteiger partial charge is 0.503 e. The summed E-state index contributed by atoms with van der Waals surface area (Å²) in [5.74, 6) is -2.14. The van der Waals surface area contributed by atoms with Crippen LogP contribution in [-0.2, 0) is 20.7 Å². The monoisotopic (exact) mass is 545 g/mol. The lowest BCUT2D eigenvalue weighted by Gasteiger charge is -2.27. The number of esters is 1. The number of benzene rings is 3. The zero-order valence-electron chi connectivity index (χ0n) is 21.1. The fourth-order valence-corrected chi connectivity index (χ4v) is 4.91. The lowest BCUT2D eigenvalue weighted by Crippen LogP contribution is -2.31. The predicted octanol–water partition coefficient (Wildman–Crippen LogP) is 5.98. The molecule has 5 rings (SSSR count). The molecule has 39 heavy (non-hydrogen) atoms. The van der Waals surface area contributed by atoms with Crippen LogP contribution in [0.25, 0.3) is 11.0 Å². The summed E-state index contributed by atoms with van der Waals surface area (Å²) in [5.41, 5.74) is 1.95. The summed E-state index contributed by atoms with van der Waals surface area (Å²) in [4.78, 5) is 40.5. The van der Waals surface area contributed by atoms with Gasteiger partial charge < -0.3 is 19.0 Å². The number of Topliss-reactive ketones (excluding diaryl/α,β-unsaturated/α-hetero) is 1. The Hall–Kier alpha value is -4.56. The Kier molecular flexibility index (Phi) is 7.13. The van der Waals surface area contributed by atoms with Crippen molar-refractivity contribution in [2.75, 3.05) is 18.6 Å². The molecule has 1 N–H and O–H groups in total. The highest BCUT2D eigenvalue weighted by molar-refractivity contribution is 6.31. The zero-order valence-corrected chi connectivity index (χ0v) is 21.9. The molecule has 1 atom stereocenters. The van der Waals surface area contributed by atoms with Gasteiger partial charge in [-0.3, -0.25) is 19.3 Å². The fraction of sp³-hybridized carbons (Fsp3) is 0.167. The van der Waals surface area contributed by atoms with Crippen LogP contribution in [0, 0.1) is 0 Å². The van der Waals surface area contributed by atoms with Gasteiger partial charge in [-0.05, 0) is 42.3 Å². The number of methoxy groups -OCH3 is 1. The number of hydrogen-bond acceptors (Lipinski definition) is 7. The SMILES string of the molecule is CCOC(=O)Cc1ccc(N2C(=O)C(O)=C(C(=O)c3cc4cc(Cl)cc(OC)c4o3)C2c2ccccc2)cc1. The number of ketones is 1. The first kappa shape index (κ1) is 26.1. The number of amides is 1. The number of nitrogens with zero attached hydrogens (tertiary/aromatic N) is 1. The van der Waals surface area contributed by atoms with E-state index < -0.39 is 23.5 Å². The number of hydrogen-bond donors (Lipinski definition) is 1. The standard InChI is InChI=1S/C30H24ClNO7/c1-3-38-24(33)13-17-9-11-21(12-10-17)32-26(18-7-5-4-6-8-18)25(28(35)30(32)36)27(34)22-15-19-14-20(31)16-23(37-2)29(19)39-22/h4-12,14-16,26,35H,3,13H2,1-2H3. The molecule has 1 aromatic heterocycles.